The Balaban J connectivity index is 1.90. The normalized spacial score (nSPS) is 10.2. The lowest BCUT2D eigenvalue weighted by atomic mass is 10.1. The molecule has 4 nitrogen and oxygen atoms in total. The molecule has 0 aliphatic heterocycles. The first-order valence-electron chi connectivity index (χ1n) is 5.35. The highest BCUT2D eigenvalue weighted by Gasteiger charge is 2.15. The highest BCUT2D eigenvalue weighted by atomic mass is 16.5. The lowest BCUT2D eigenvalue weighted by Gasteiger charge is -2.13. The maximum atomic E-state index is 11.6. The lowest BCUT2D eigenvalue weighted by molar-refractivity contribution is -0.0591. The fourth-order valence-electron chi connectivity index (χ4n) is 1.51. The number of furan rings is 1. The molecule has 0 saturated heterocycles. The Morgan fingerprint density at radius 2 is 1.94 bits per heavy atom. The van der Waals surface area contributed by atoms with Gasteiger partial charge in [0.1, 0.15) is 0 Å². The summed E-state index contributed by atoms with van der Waals surface area (Å²) >= 11 is 0. The monoisotopic (exact) mass is 231 g/mol. The summed E-state index contributed by atoms with van der Waals surface area (Å²) in [7, 11) is 0. The van der Waals surface area contributed by atoms with Crippen LogP contribution in [-0.4, -0.2) is 22.7 Å². The molecule has 0 fully saturated rings. The average Bonchev–Trinajstić information content (AvgIpc) is 2.90. The summed E-state index contributed by atoms with van der Waals surface area (Å²) in [6.07, 6.45) is 2.00. The molecule has 0 atom stereocenters. The second-order valence-electron chi connectivity index (χ2n) is 3.64. The van der Waals surface area contributed by atoms with Gasteiger partial charge in [-0.05, 0) is 24.1 Å². The molecular formula is C13H13NO3. The van der Waals surface area contributed by atoms with Gasteiger partial charge < -0.3 is 4.42 Å². The van der Waals surface area contributed by atoms with Crippen molar-refractivity contribution < 1.29 is 14.4 Å². The van der Waals surface area contributed by atoms with Crippen LogP contribution in [0.2, 0.25) is 0 Å². The van der Waals surface area contributed by atoms with Gasteiger partial charge in [0.2, 0.25) is 0 Å². The zero-order chi connectivity index (χ0) is 12.1. The van der Waals surface area contributed by atoms with Crippen LogP contribution in [-0.2, 0) is 6.42 Å². The van der Waals surface area contributed by atoms with Crippen molar-refractivity contribution in [2.24, 2.45) is 0 Å². The molecule has 2 aromatic rings. The molecule has 17 heavy (non-hydrogen) atoms. The number of benzene rings is 1. The van der Waals surface area contributed by atoms with Crippen LogP contribution in [0, 0.1) is 0 Å². The van der Waals surface area contributed by atoms with Gasteiger partial charge in [0.25, 0.3) is 0 Å². The van der Waals surface area contributed by atoms with E-state index in [0.29, 0.717) is 11.5 Å². The number of carbonyl (C=O) groups is 1. The molecule has 1 amide bonds. The molecule has 0 aliphatic rings. The van der Waals surface area contributed by atoms with Crippen molar-refractivity contribution in [3.8, 4) is 0 Å². The minimum atomic E-state index is -0.522. The van der Waals surface area contributed by atoms with E-state index in [-0.39, 0.29) is 12.3 Å². The molecule has 4 heteroatoms. The van der Waals surface area contributed by atoms with Crippen molar-refractivity contribution in [1.29, 1.82) is 0 Å². The number of hydroxylamine groups is 2. The molecule has 1 aromatic heterocycles. The van der Waals surface area contributed by atoms with Crippen LogP contribution in [0.25, 0.3) is 0 Å². The van der Waals surface area contributed by atoms with E-state index in [1.807, 2.05) is 30.3 Å². The fourth-order valence-corrected chi connectivity index (χ4v) is 1.51. The Hall–Kier alpha value is -2.07. The van der Waals surface area contributed by atoms with E-state index in [1.54, 1.807) is 6.07 Å². The third-order valence-corrected chi connectivity index (χ3v) is 2.42. The van der Waals surface area contributed by atoms with E-state index in [0.717, 1.165) is 5.56 Å². The Morgan fingerprint density at radius 3 is 2.59 bits per heavy atom. The maximum absolute atomic E-state index is 11.6. The van der Waals surface area contributed by atoms with Crippen LogP contribution in [0.5, 0.6) is 0 Å². The van der Waals surface area contributed by atoms with Crippen molar-refractivity contribution in [2.75, 3.05) is 6.54 Å². The zero-order valence-corrected chi connectivity index (χ0v) is 9.24. The smallest absolute Gasteiger partial charge is 0.312 e. The molecule has 2 rings (SSSR count). The van der Waals surface area contributed by atoms with Crippen molar-refractivity contribution >= 4 is 5.91 Å². The Kier molecular flexibility index (Phi) is 3.57. The van der Waals surface area contributed by atoms with Gasteiger partial charge in [-0.1, -0.05) is 30.3 Å². The van der Waals surface area contributed by atoms with Gasteiger partial charge in [0, 0.05) is 0 Å². The van der Waals surface area contributed by atoms with Crippen molar-refractivity contribution in [2.45, 2.75) is 6.42 Å². The van der Waals surface area contributed by atoms with Crippen molar-refractivity contribution in [3.63, 3.8) is 0 Å². The summed E-state index contributed by atoms with van der Waals surface area (Å²) in [4.78, 5) is 11.6. The van der Waals surface area contributed by atoms with E-state index >= 15 is 0 Å². The van der Waals surface area contributed by atoms with Crippen LogP contribution in [0.3, 0.4) is 0 Å². The van der Waals surface area contributed by atoms with Gasteiger partial charge >= 0.3 is 5.91 Å². The minimum Gasteiger partial charge on any atom is -0.459 e. The van der Waals surface area contributed by atoms with E-state index in [9.17, 15) is 10.0 Å². The fraction of sp³-hybridized carbons (Fsp3) is 0.154. The van der Waals surface area contributed by atoms with Gasteiger partial charge in [-0.25, -0.2) is 5.06 Å². The first kappa shape index (κ1) is 11.4. The lowest BCUT2D eigenvalue weighted by Crippen LogP contribution is -2.29. The van der Waals surface area contributed by atoms with E-state index < -0.39 is 5.91 Å². The van der Waals surface area contributed by atoms with Crippen LogP contribution in [0.15, 0.2) is 53.1 Å². The standard InChI is InChI=1S/C13H13NO3/c15-13(12-7-4-10-17-12)14(16)9-8-11-5-2-1-3-6-11/h1-7,10,16H,8-9H2. The predicted molar refractivity (Wildman–Crippen MR) is 61.7 cm³/mol. The second kappa shape index (κ2) is 5.32. The van der Waals surface area contributed by atoms with Gasteiger partial charge in [-0.2, -0.15) is 0 Å². The van der Waals surface area contributed by atoms with Gasteiger partial charge in [-0.3, -0.25) is 10.0 Å². The summed E-state index contributed by atoms with van der Waals surface area (Å²) in [5.74, 6) is -0.383. The topological polar surface area (TPSA) is 53.7 Å². The number of amides is 1. The van der Waals surface area contributed by atoms with Crippen LogP contribution in [0.1, 0.15) is 16.1 Å². The van der Waals surface area contributed by atoms with Gasteiger partial charge in [-0.15, -0.1) is 0 Å². The van der Waals surface area contributed by atoms with Crippen LogP contribution in [0.4, 0.5) is 0 Å². The first-order valence-corrected chi connectivity index (χ1v) is 5.35. The number of hydrogen-bond acceptors (Lipinski definition) is 3. The highest BCUT2D eigenvalue weighted by molar-refractivity contribution is 5.90. The molecule has 1 heterocycles. The number of rotatable bonds is 4. The summed E-state index contributed by atoms with van der Waals surface area (Å²) in [6, 6.07) is 12.8. The van der Waals surface area contributed by atoms with E-state index in [4.69, 9.17) is 4.42 Å². The molecule has 0 bridgehead atoms. The highest BCUT2D eigenvalue weighted by Crippen LogP contribution is 2.06. The van der Waals surface area contributed by atoms with Crippen LogP contribution < -0.4 is 0 Å². The largest absolute Gasteiger partial charge is 0.459 e. The minimum absolute atomic E-state index is 0.139. The summed E-state index contributed by atoms with van der Waals surface area (Å²) in [5.41, 5.74) is 1.07. The first-order chi connectivity index (χ1) is 8.27. The van der Waals surface area contributed by atoms with Gasteiger partial charge in [0.15, 0.2) is 5.76 Å². The molecule has 0 unspecified atom stereocenters. The number of hydrogen-bond donors (Lipinski definition) is 1. The predicted octanol–water partition coefficient (Wildman–Crippen LogP) is 2.35. The summed E-state index contributed by atoms with van der Waals surface area (Å²) in [5, 5.41) is 10.2. The molecule has 0 aliphatic carbocycles. The SMILES string of the molecule is O=C(c1ccco1)N(O)CCc1ccccc1. The molecule has 0 radical (unpaired) electrons. The number of nitrogens with zero attached hydrogens (tertiary/aromatic N) is 1. The average molecular weight is 231 g/mol. The van der Waals surface area contributed by atoms with Crippen molar-refractivity contribution in [3.05, 3.63) is 60.1 Å². The molecule has 0 saturated carbocycles. The Labute approximate surface area is 99.0 Å². The van der Waals surface area contributed by atoms with Crippen LogP contribution >= 0.6 is 0 Å². The Morgan fingerprint density at radius 1 is 1.18 bits per heavy atom. The Bertz CT molecular complexity index is 465. The zero-order valence-electron chi connectivity index (χ0n) is 9.24. The molecular weight excluding hydrogens is 218 g/mol. The quantitative estimate of drug-likeness (QED) is 0.649. The van der Waals surface area contributed by atoms with Gasteiger partial charge in [0.05, 0.1) is 12.8 Å². The molecule has 1 N–H and O–H groups in total. The number of carbonyl (C=O) groups excluding carboxylic acids is 1. The van der Waals surface area contributed by atoms with E-state index in [1.165, 1.54) is 12.3 Å². The van der Waals surface area contributed by atoms with Crippen molar-refractivity contribution in [1.82, 2.24) is 5.06 Å². The molecule has 1 aromatic carbocycles. The third kappa shape index (κ3) is 2.95. The molecule has 88 valence electrons. The third-order valence-electron chi connectivity index (χ3n) is 2.42. The molecule has 0 spiro atoms. The van der Waals surface area contributed by atoms with E-state index in [2.05, 4.69) is 0 Å². The maximum Gasteiger partial charge on any atom is 0.312 e. The summed E-state index contributed by atoms with van der Waals surface area (Å²) < 4.78 is 4.92. The second-order valence-corrected chi connectivity index (χ2v) is 3.64. The summed E-state index contributed by atoms with van der Waals surface area (Å²) in [6.45, 7) is 0.240.